The molecule has 0 atom stereocenters. The molecule has 1 aliphatic carbocycles. The first-order valence-electron chi connectivity index (χ1n) is 7.15. The molecule has 2 fully saturated rings. The Hall–Kier alpha value is -1.62. The fraction of sp³-hybridized carbons (Fsp3) is 0.600. The van der Waals surface area contributed by atoms with Gasteiger partial charge in [-0.15, -0.1) is 0 Å². The maximum absolute atomic E-state index is 10.9. The number of rotatable bonds is 4. The highest BCUT2D eigenvalue weighted by Gasteiger charge is 2.45. The van der Waals surface area contributed by atoms with Crippen LogP contribution in [-0.2, 0) is 11.3 Å². The summed E-state index contributed by atoms with van der Waals surface area (Å²) in [7, 11) is 1.63. The molecule has 108 valence electrons. The van der Waals surface area contributed by atoms with Crippen LogP contribution in [-0.4, -0.2) is 25.1 Å². The molecule has 1 heterocycles. The van der Waals surface area contributed by atoms with Gasteiger partial charge in [-0.3, -0.25) is 10.1 Å². The van der Waals surface area contributed by atoms with Gasteiger partial charge in [0.2, 0.25) is 0 Å². The molecule has 0 radical (unpaired) electrons. The van der Waals surface area contributed by atoms with E-state index in [1.54, 1.807) is 19.2 Å². The molecule has 0 aromatic heterocycles. The lowest BCUT2D eigenvalue weighted by Gasteiger charge is -2.35. The Morgan fingerprint density at radius 2 is 2.20 bits per heavy atom. The quantitative estimate of drug-likeness (QED) is 0.626. The third-order valence-corrected chi connectivity index (χ3v) is 4.53. The van der Waals surface area contributed by atoms with Crippen LogP contribution in [0.5, 0.6) is 0 Å². The van der Waals surface area contributed by atoms with E-state index in [1.807, 2.05) is 6.07 Å². The summed E-state index contributed by atoms with van der Waals surface area (Å²) in [4.78, 5) is 12.9. The summed E-state index contributed by atoms with van der Waals surface area (Å²) in [6, 6.07) is 5.13. The average molecular weight is 276 g/mol. The van der Waals surface area contributed by atoms with Crippen molar-refractivity contribution in [3.8, 4) is 0 Å². The SMILES string of the molecule is COCc1cc([N+](=O)[O-])ccc1N1CCCC2(CC2)C1. The molecule has 1 saturated heterocycles. The van der Waals surface area contributed by atoms with Crippen molar-refractivity contribution < 1.29 is 9.66 Å². The summed E-state index contributed by atoms with van der Waals surface area (Å²) < 4.78 is 5.21. The second-order valence-electron chi connectivity index (χ2n) is 6.03. The minimum atomic E-state index is -0.346. The minimum Gasteiger partial charge on any atom is -0.380 e. The molecule has 5 nitrogen and oxygen atoms in total. The van der Waals surface area contributed by atoms with Crippen molar-refractivity contribution in [2.45, 2.75) is 32.3 Å². The average Bonchev–Trinajstić information content (AvgIpc) is 3.18. The number of nitro groups is 1. The number of nitrogens with zero attached hydrogens (tertiary/aromatic N) is 2. The van der Waals surface area contributed by atoms with Crippen molar-refractivity contribution >= 4 is 11.4 Å². The van der Waals surface area contributed by atoms with E-state index >= 15 is 0 Å². The van der Waals surface area contributed by atoms with Gasteiger partial charge in [-0.2, -0.15) is 0 Å². The normalized spacial score (nSPS) is 20.1. The Kier molecular flexibility index (Phi) is 3.38. The molecule has 0 unspecified atom stereocenters. The highest BCUT2D eigenvalue weighted by Crippen LogP contribution is 2.52. The summed E-state index contributed by atoms with van der Waals surface area (Å²) in [6.07, 6.45) is 5.20. The largest absolute Gasteiger partial charge is 0.380 e. The second kappa shape index (κ2) is 5.05. The van der Waals surface area contributed by atoms with Crippen LogP contribution in [0.15, 0.2) is 18.2 Å². The van der Waals surface area contributed by atoms with Gasteiger partial charge in [0, 0.05) is 43.6 Å². The van der Waals surface area contributed by atoms with E-state index in [1.165, 1.54) is 25.7 Å². The third kappa shape index (κ3) is 2.50. The van der Waals surface area contributed by atoms with Gasteiger partial charge in [-0.25, -0.2) is 0 Å². The molecular weight excluding hydrogens is 256 g/mol. The fourth-order valence-corrected chi connectivity index (χ4v) is 3.26. The van der Waals surface area contributed by atoms with E-state index in [9.17, 15) is 10.1 Å². The van der Waals surface area contributed by atoms with Crippen molar-refractivity contribution in [2.24, 2.45) is 5.41 Å². The first-order valence-corrected chi connectivity index (χ1v) is 7.15. The van der Waals surface area contributed by atoms with Crippen LogP contribution in [0.1, 0.15) is 31.2 Å². The number of methoxy groups -OCH3 is 1. The Morgan fingerprint density at radius 1 is 1.40 bits per heavy atom. The van der Waals surface area contributed by atoms with Crippen molar-refractivity contribution in [3.05, 3.63) is 33.9 Å². The van der Waals surface area contributed by atoms with Gasteiger partial charge in [0.15, 0.2) is 0 Å². The first-order chi connectivity index (χ1) is 9.63. The summed E-state index contributed by atoms with van der Waals surface area (Å²) in [5.74, 6) is 0. The van der Waals surface area contributed by atoms with Crippen LogP contribution in [0.3, 0.4) is 0 Å². The lowest BCUT2D eigenvalue weighted by Crippen LogP contribution is -2.37. The second-order valence-corrected chi connectivity index (χ2v) is 6.03. The van der Waals surface area contributed by atoms with Crippen molar-refractivity contribution in [1.29, 1.82) is 0 Å². The smallest absolute Gasteiger partial charge is 0.269 e. The summed E-state index contributed by atoms with van der Waals surface area (Å²) in [6.45, 7) is 2.54. The van der Waals surface area contributed by atoms with E-state index < -0.39 is 0 Å². The predicted octanol–water partition coefficient (Wildman–Crippen LogP) is 3.12. The molecule has 20 heavy (non-hydrogen) atoms. The lowest BCUT2D eigenvalue weighted by atomic mass is 9.94. The monoisotopic (exact) mass is 276 g/mol. The standard InChI is InChI=1S/C15H20N2O3/c1-20-10-12-9-13(17(18)19)3-4-14(12)16-8-2-5-15(11-16)6-7-15/h3-4,9H,2,5-8,10-11H2,1H3. The van der Waals surface area contributed by atoms with Crippen molar-refractivity contribution in [3.63, 3.8) is 0 Å². The van der Waals surface area contributed by atoms with Crippen LogP contribution >= 0.6 is 0 Å². The highest BCUT2D eigenvalue weighted by atomic mass is 16.6. The van der Waals surface area contributed by atoms with E-state index in [0.29, 0.717) is 12.0 Å². The van der Waals surface area contributed by atoms with E-state index in [0.717, 1.165) is 24.3 Å². The van der Waals surface area contributed by atoms with E-state index in [-0.39, 0.29) is 10.6 Å². The Labute approximate surface area is 118 Å². The maximum atomic E-state index is 10.9. The zero-order valence-corrected chi connectivity index (χ0v) is 11.8. The number of benzene rings is 1. The van der Waals surface area contributed by atoms with E-state index in [2.05, 4.69) is 4.90 Å². The number of piperidine rings is 1. The molecule has 1 aromatic rings. The van der Waals surface area contributed by atoms with Crippen LogP contribution in [0, 0.1) is 15.5 Å². The molecule has 1 spiro atoms. The Morgan fingerprint density at radius 3 is 2.85 bits per heavy atom. The van der Waals surface area contributed by atoms with Crippen LogP contribution < -0.4 is 4.90 Å². The topological polar surface area (TPSA) is 55.6 Å². The minimum absolute atomic E-state index is 0.138. The van der Waals surface area contributed by atoms with Crippen LogP contribution in [0.4, 0.5) is 11.4 Å². The summed E-state index contributed by atoms with van der Waals surface area (Å²) in [5.41, 5.74) is 2.69. The van der Waals surface area contributed by atoms with Gasteiger partial charge in [-0.1, -0.05) is 0 Å². The molecule has 0 bridgehead atoms. The number of hydrogen-bond donors (Lipinski definition) is 0. The Balaban J connectivity index is 1.89. The highest BCUT2D eigenvalue weighted by molar-refractivity contribution is 5.58. The molecular formula is C15H20N2O3. The molecule has 2 aliphatic rings. The third-order valence-electron chi connectivity index (χ3n) is 4.53. The van der Waals surface area contributed by atoms with Gasteiger partial charge in [0.1, 0.15) is 0 Å². The zero-order chi connectivity index (χ0) is 14.2. The van der Waals surface area contributed by atoms with Gasteiger partial charge >= 0.3 is 0 Å². The van der Waals surface area contributed by atoms with E-state index in [4.69, 9.17) is 4.74 Å². The zero-order valence-electron chi connectivity index (χ0n) is 11.8. The predicted molar refractivity (Wildman–Crippen MR) is 76.9 cm³/mol. The molecule has 1 aliphatic heterocycles. The summed E-state index contributed by atoms with van der Waals surface area (Å²) in [5, 5.41) is 10.9. The van der Waals surface area contributed by atoms with Gasteiger partial charge in [0.25, 0.3) is 5.69 Å². The van der Waals surface area contributed by atoms with Gasteiger partial charge < -0.3 is 9.64 Å². The molecule has 0 N–H and O–H groups in total. The fourth-order valence-electron chi connectivity index (χ4n) is 3.26. The maximum Gasteiger partial charge on any atom is 0.269 e. The molecule has 1 saturated carbocycles. The number of non-ortho nitro benzene ring substituents is 1. The number of nitro benzene ring substituents is 1. The number of anilines is 1. The first kappa shape index (κ1) is 13.4. The molecule has 3 rings (SSSR count). The molecule has 1 aromatic carbocycles. The molecule has 0 amide bonds. The Bertz CT molecular complexity index is 526. The number of hydrogen-bond acceptors (Lipinski definition) is 4. The van der Waals surface area contributed by atoms with Gasteiger partial charge in [0.05, 0.1) is 11.5 Å². The van der Waals surface area contributed by atoms with Gasteiger partial charge in [-0.05, 0) is 37.2 Å². The van der Waals surface area contributed by atoms with Crippen molar-refractivity contribution in [1.82, 2.24) is 0 Å². The number of ether oxygens (including phenoxy) is 1. The van der Waals surface area contributed by atoms with Crippen LogP contribution in [0.25, 0.3) is 0 Å². The summed E-state index contributed by atoms with van der Waals surface area (Å²) >= 11 is 0. The lowest BCUT2D eigenvalue weighted by molar-refractivity contribution is -0.384. The van der Waals surface area contributed by atoms with Crippen LogP contribution in [0.2, 0.25) is 0 Å². The molecule has 5 heteroatoms. The van der Waals surface area contributed by atoms with Crippen molar-refractivity contribution in [2.75, 3.05) is 25.1 Å².